The molecule has 0 fully saturated rings. The lowest BCUT2D eigenvalue weighted by Crippen LogP contribution is -2.14. The van der Waals surface area contributed by atoms with Gasteiger partial charge in [-0.05, 0) is 50.2 Å². The monoisotopic (exact) mass is 371 g/mol. The van der Waals surface area contributed by atoms with Crippen molar-refractivity contribution in [2.75, 3.05) is 7.05 Å². The molecule has 1 N–H and O–H groups in total. The normalized spacial score (nSPS) is 12.7. The minimum absolute atomic E-state index is 0.443. The van der Waals surface area contributed by atoms with E-state index < -0.39 is 0 Å². The van der Waals surface area contributed by atoms with E-state index in [1.54, 1.807) is 0 Å². The van der Waals surface area contributed by atoms with Gasteiger partial charge in [0.1, 0.15) is 0 Å². The van der Waals surface area contributed by atoms with Gasteiger partial charge in [-0.2, -0.15) is 0 Å². The Morgan fingerprint density at radius 3 is 2.75 bits per heavy atom. The molecule has 1 heterocycles. The van der Waals surface area contributed by atoms with Gasteiger partial charge < -0.3 is 5.32 Å². The quantitative estimate of drug-likeness (QED) is 0.659. The van der Waals surface area contributed by atoms with Crippen molar-refractivity contribution in [2.45, 2.75) is 32.7 Å². The predicted octanol–water partition coefficient (Wildman–Crippen LogP) is 6.20. The molecule has 0 aliphatic heterocycles. The van der Waals surface area contributed by atoms with Gasteiger partial charge in [-0.1, -0.05) is 40.9 Å². The minimum atomic E-state index is 0.443. The molecule has 0 amide bonds. The molecule has 0 aliphatic rings. The topological polar surface area (TPSA) is 12.0 Å². The van der Waals surface area contributed by atoms with Crippen molar-refractivity contribution in [3.05, 3.63) is 44.2 Å². The van der Waals surface area contributed by atoms with Gasteiger partial charge >= 0.3 is 0 Å². The van der Waals surface area contributed by atoms with Crippen LogP contribution in [0.25, 0.3) is 10.4 Å². The van der Waals surface area contributed by atoms with Gasteiger partial charge in [-0.15, -0.1) is 11.3 Å². The fourth-order valence-corrected chi connectivity index (χ4v) is 4.39. The highest BCUT2D eigenvalue weighted by Gasteiger charge is 2.14. The molecular weight excluding hydrogens is 354 g/mol. The first-order valence-corrected chi connectivity index (χ1v) is 8.78. The molecule has 1 unspecified atom stereocenters. The zero-order chi connectivity index (χ0) is 14.7. The van der Waals surface area contributed by atoms with E-state index in [-0.39, 0.29) is 0 Å². The van der Waals surface area contributed by atoms with Crippen LogP contribution in [0.3, 0.4) is 0 Å². The third-order valence-corrected chi connectivity index (χ3v) is 5.71. The summed E-state index contributed by atoms with van der Waals surface area (Å²) >= 11 is 11.7. The molecule has 2 rings (SSSR count). The first-order chi connectivity index (χ1) is 9.56. The summed E-state index contributed by atoms with van der Waals surface area (Å²) in [6, 6.07) is 8.98. The van der Waals surface area contributed by atoms with Crippen molar-refractivity contribution < 1.29 is 0 Å². The second kappa shape index (κ2) is 7.08. The van der Waals surface area contributed by atoms with Crippen LogP contribution in [-0.4, -0.2) is 7.05 Å². The van der Waals surface area contributed by atoms with Crippen molar-refractivity contribution in [1.29, 1.82) is 0 Å². The number of rotatable bonds is 5. The molecule has 4 heteroatoms. The van der Waals surface area contributed by atoms with Crippen molar-refractivity contribution in [1.82, 2.24) is 5.32 Å². The standard InChI is InChI=1S/C16H19BrClNS/c1-4-5-14(19-3)16-7-6-15(20-16)11-9-13(18)10(2)8-12(11)17/h6-9,14,19H,4-5H2,1-3H3. The molecular formula is C16H19BrClNS. The Bertz CT molecular complexity index is 594. The molecule has 1 aromatic heterocycles. The Hall–Kier alpha value is -0.350. The number of thiophene rings is 1. The maximum Gasteiger partial charge on any atom is 0.0442 e. The molecule has 1 atom stereocenters. The Kier molecular flexibility index (Phi) is 5.67. The highest BCUT2D eigenvalue weighted by molar-refractivity contribution is 9.10. The summed E-state index contributed by atoms with van der Waals surface area (Å²) in [5.41, 5.74) is 2.27. The summed E-state index contributed by atoms with van der Waals surface area (Å²) in [5, 5.41) is 4.21. The maximum atomic E-state index is 6.25. The summed E-state index contributed by atoms with van der Waals surface area (Å²) in [4.78, 5) is 2.64. The summed E-state index contributed by atoms with van der Waals surface area (Å²) in [7, 11) is 2.03. The van der Waals surface area contributed by atoms with E-state index >= 15 is 0 Å². The van der Waals surface area contributed by atoms with Crippen LogP contribution in [-0.2, 0) is 0 Å². The second-order valence-corrected chi connectivity index (χ2v) is 7.29. The van der Waals surface area contributed by atoms with Crippen LogP contribution in [0, 0.1) is 6.92 Å². The van der Waals surface area contributed by atoms with E-state index in [0.29, 0.717) is 6.04 Å². The largest absolute Gasteiger partial charge is 0.312 e. The van der Waals surface area contributed by atoms with Gasteiger partial charge in [0.25, 0.3) is 0 Å². The Morgan fingerprint density at radius 1 is 1.35 bits per heavy atom. The molecule has 0 saturated carbocycles. The van der Waals surface area contributed by atoms with Crippen LogP contribution in [0.2, 0.25) is 5.02 Å². The average molecular weight is 373 g/mol. The lowest BCUT2D eigenvalue weighted by atomic mass is 10.1. The van der Waals surface area contributed by atoms with Crippen molar-refractivity contribution in [3.63, 3.8) is 0 Å². The Labute approximate surface area is 138 Å². The SMILES string of the molecule is CCCC(NC)c1ccc(-c2cc(Cl)c(C)cc2Br)s1. The highest BCUT2D eigenvalue weighted by atomic mass is 79.9. The lowest BCUT2D eigenvalue weighted by molar-refractivity contribution is 0.550. The van der Waals surface area contributed by atoms with Gasteiger partial charge in [-0.25, -0.2) is 0 Å². The number of benzene rings is 1. The molecule has 0 bridgehead atoms. The van der Waals surface area contributed by atoms with E-state index in [9.17, 15) is 0 Å². The number of hydrogen-bond acceptors (Lipinski definition) is 2. The van der Waals surface area contributed by atoms with Crippen LogP contribution in [0.1, 0.15) is 36.2 Å². The molecule has 108 valence electrons. The van der Waals surface area contributed by atoms with E-state index in [1.807, 2.05) is 31.4 Å². The fourth-order valence-electron chi connectivity index (χ4n) is 2.24. The predicted molar refractivity (Wildman–Crippen MR) is 93.9 cm³/mol. The van der Waals surface area contributed by atoms with Gasteiger partial charge in [0, 0.05) is 30.9 Å². The van der Waals surface area contributed by atoms with Crippen LogP contribution >= 0.6 is 38.9 Å². The summed E-state index contributed by atoms with van der Waals surface area (Å²) in [5.74, 6) is 0. The maximum absolute atomic E-state index is 6.25. The highest BCUT2D eigenvalue weighted by Crippen LogP contribution is 2.38. The van der Waals surface area contributed by atoms with Crippen LogP contribution < -0.4 is 5.32 Å². The first kappa shape index (κ1) is 16.0. The molecule has 0 aliphatic carbocycles. The van der Waals surface area contributed by atoms with Gasteiger partial charge in [-0.3, -0.25) is 0 Å². The molecule has 20 heavy (non-hydrogen) atoms. The molecule has 0 saturated heterocycles. The molecule has 2 aromatic rings. The van der Waals surface area contributed by atoms with Crippen LogP contribution in [0.5, 0.6) is 0 Å². The van der Waals surface area contributed by atoms with Crippen molar-refractivity contribution in [3.8, 4) is 10.4 Å². The first-order valence-electron chi connectivity index (χ1n) is 6.79. The minimum Gasteiger partial charge on any atom is -0.312 e. The van der Waals surface area contributed by atoms with E-state index in [4.69, 9.17) is 11.6 Å². The number of aryl methyl sites for hydroxylation is 1. The van der Waals surface area contributed by atoms with Gasteiger partial charge in [0.15, 0.2) is 0 Å². The number of hydrogen-bond donors (Lipinski definition) is 1. The van der Waals surface area contributed by atoms with E-state index in [2.05, 4.69) is 46.4 Å². The number of nitrogens with one attached hydrogen (secondary N) is 1. The van der Waals surface area contributed by atoms with Gasteiger partial charge in [0.05, 0.1) is 0 Å². The van der Waals surface area contributed by atoms with Crippen molar-refractivity contribution >= 4 is 38.9 Å². The smallest absolute Gasteiger partial charge is 0.0442 e. The lowest BCUT2D eigenvalue weighted by Gasteiger charge is -2.12. The summed E-state index contributed by atoms with van der Waals surface area (Å²) in [6.45, 7) is 4.24. The molecule has 1 aromatic carbocycles. The molecule has 0 spiro atoms. The average Bonchev–Trinajstić information content (AvgIpc) is 2.89. The van der Waals surface area contributed by atoms with Crippen LogP contribution in [0.15, 0.2) is 28.7 Å². The van der Waals surface area contributed by atoms with E-state index in [1.165, 1.54) is 21.7 Å². The van der Waals surface area contributed by atoms with Crippen LogP contribution in [0.4, 0.5) is 0 Å². The third kappa shape index (κ3) is 3.45. The molecule has 0 radical (unpaired) electrons. The second-order valence-electron chi connectivity index (χ2n) is 4.91. The molecule has 1 nitrogen and oxygen atoms in total. The van der Waals surface area contributed by atoms with Crippen molar-refractivity contribution in [2.24, 2.45) is 0 Å². The summed E-state index contributed by atoms with van der Waals surface area (Å²) < 4.78 is 1.10. The zero-order valence-electron chi connectivity index (χ0n) is 12.0. The number of halogens is 2. The van der Waals surface area contributed by atoms with Gasteiger partial charge in [0.2, 0.25) is 0 Å². The summed E-state index contributed by atoms with van der Waals surface area (Å²) in [6.07, 6.45) is 2.34. The zero-order valence-corrected chi connectivity index (χ0v) is 15.1. The van der Waals surface area contributed by atoms with E-state index in [0.717, 1.165) is 21.5 Å². The third-order valence-electron chi connectivity index (χ3n) is 3.41. The Balaban J connectivity index is 2.35. The fraction of sp³-hybridized carbons (Fsp3) is 0.375. The Morgan fingerprint density at radius 2 is 2.10 bits per heavy atom.